The molecular formula is C17H23N3O6S. The summed E-state index contributed by atoms with van der Waals surface area (Å²) in [5.74, 6) is -2.31. The molecule has 0 aliphatic carbocycles. The first-order valence-corrected chi connectivity index (χ1v) is 9.59. The van der Waals surface area contributed by atoms with Crippen molar-refractivity contribution < 1.29 is 27.5 Å². The zero-order valence-electron chi connectivity index (χ0n) is 15.3. The highest BCUT2D eigenvalue weighted by Crippen LogP contribution is 2.08. The molecule has 148 valence electrons. The van der Waals surface area contributed by atoms with Crippen LogP contribution in [0, 0.1) is 12.8 Å². The molecule has 0 bridgehead atoms. The smallest absolute Gasteiger partial charge is 0.321 e. The third kappa shape index (κ3) is 8.47. The van der Waals surface area contributed by atoms with E-state index in [-0.39, 0.29) is 0 Å². The van der Waals surface area contributed by atoms with Gasteiger partial charge < -0.3 is 10.5 Å². The van der Waals surface area contributed by atoms with Crippen molar-refractivity contribution >= 4 is 34.0 Å². The Morgan fingerprint density at radius 2 is 1.78 bits per heavy atom. The molecule has 0 saturated heterocycles. The molecule has 0 heterocycles. The van der Waals surface area contributed by atoms with Gasteiger partial charge in [0.25, 0.3) is 5.91 Å². The Morgan fingerprint density at radius 3 is 2.30 bits per heavy atom. The lowest BCUT2D eigenvalue weighted by atomic mass is 10.1. The molecule has 3 amide bonds. The first-order chi connectivity index (χ1) is 12.5. The molecule has 0 spiro atoms. The summed E-state index contributed by atoms with van der Waals surface area (Å²) >= 11 is 0. The van der Waals surface area contributed by atoms with Gasteiger partial charge in [-0.3, -0.25) is 14.9 Å². The van der Waals surface area contributed by atoms with E-state index in [2.05, 4.69) is 4.72 Å². The van der Waals surface area contributed by atoms with Gasteiger partial charge in [0.05, 0.1) is 0 Å². The lowest BCUT2D eigenvalue weighted by molar-refractivity contribution is -0.157. The molecule has 0 saturated carbocycles. The van der Waals surface area contributed by atoms with E-state index in [0.29, 0.717) is 5.56 Å². The van der Waals surface area contributed by atoms with Crippen LogP contribution in [0.3, 0.4) is 0 Å². The Morgan fingerprint density at radius 1 is 1.19 bits per heavy atom. The van der Waals surface area contributed by atoms with Gasteiger partial charge in [-0.2, -0.15) is 0 Å². The van der Waals surface area contributed by atoms with Crippen molar-refractivity contribution in [2.24, 2.45) is 11.7 Å². The molecule has 9 nitrogen and oxygen atoms in total. The van der Waals surface area contributed by atoms with E-state index >= 15 is 0 Å². The molecule has 0 unspecified atom stereocenters. The second-order valence-electron chi connectivity index (χ2n) is 6.09. The maximum Gasteiger partial charge on any atom is 0.321 e. The minimum absolute atomic E-state index is 0.452. The van der Waals surface area contributed by atoms with Crippen molar-refractivity contribution in [3.8, 4) is 0 Å². The van der Waals surface area contributed by atoms with Crippen LogP contribution in [0.2, 0.25) is 0 Å². The molecule has 1 aromatic carbocycles. The van der Waals surface area contributed by atoms with Crippen molar-refractivity contribution in [2.45, 2.75) is 26.9 Å². The molecule has 0 fully saturated rings. The van der Waals surface area contributed by atoms with Crippen molar-refractivity contribution in [1.82, 2.24) is 10.0 Å². The Balaban J connectivity index is 2.63. The van der Waals surface area contributed by atoms with E-state index in [9.17, 15) is 22.8 Å². The summed E-state index contributed by atoms with van der Waals surface area (Å²) in [7, 11) is -3.89. The van der Waals surface area contributed by atoms with Crippen molar-refractivity contribution in [3.63, 3.8) is 0 Å². The highest BCUT2D eigenvalue weighted by Gasteiger charge is 2.27. The standard InChI is InChI=1S/C17H23N3O6S/c1-11(2)15(16(22)20-17(18)23)26-14(21)10-19-27(24,25)9-8-13-6-4-12(3)5-7-13/h4-9,11,15,19H,10H2,1-3H3,(H3,18,20,22,23)/b9-8+/t15-/m1/s1. The van der Waals surface area contributed by atoms with E-state index in [4.69, 9.17) is 10.5 Å². The number of nitrogens with two attached hydrogens (primary N) is 1. The summed E-state index contributed by atoms with van der Waals surface area (Å²) in [6, 6.07) is 6.09. The predicted octanol–water partition coefficient (Wildman–Crippen LogP) is 0.648. The number of carbonyl (C=O) groups is 3. The fourth-order valence-corrected chi connectivity index (χ4v) is 2.67. The number of esters is 1. The van der Waals surface area contributed by atoms with Crippen molar-refractivity contribution in [1.29, 1.82) is 0 Å². The topological polar surface area (TPSA) is 145 Å². The maximum atomic E-state index is 11.9. The molecule has 27 heavy (non-hydrogen) atoms. The van der Waals surface area contributed by atoms with Gasteiger partial charge in [-0.1, -0.05) is 43.7 Å². The van der Waals surface area contributed by atoms with Gasteiger partial charge >= 0.3 is 12.0 Å². The zero-order valence-corrected chi connectivity index (χ0v) is 16.1. The van der Waals surface area contributed by atoms with Gasteiger partial charge in [0.1, 0.15) is 6.54 Å². The van der Waals surface area contributed by atoms with Gasteiger partial charge in [-0.15, -0.1) is 0 Å². The molecule has 1 aromatic rings. The third-order valence-corrected chi connectivity index (χ3v) is 4.34. The minimum Gasteiger partial charge on any atom is -0.451 e. The van der Waals surface area contributed by atoms with Gasteiger partial charge in [0.15, 0.2) is 6.10 Å². The monoisotopic (exact) mass is 397 g/mol. The number of hydrogen-bond donors (Lipinski definition) is 3. The van der Waals surface area contributed by atoms with Crippen LogP contribution in [-0.2, 0) is 24.3 Å². The molecule has 0 aromatic heterocycles. The number of primary amides is 1. The summed E-state index contributed by atoms with van der Waals surface area (Å²) in [4.78, 5) is 34.4. The van der Waals surface area contributed by atoms with Crippen LogP contribution in [-0.4, -0.2) is 39.0 Å². The average molecular weight is 397 g/mol. The second kappa shape index (κ2) is 9.83. The third-order valence-electron chi connectivity index (χ3n) is 3.30. The summed E-state index contributed by atoms with van der Waals surface area (Å²) in [6.07, 6.45) is 0.0993. The van der Waals surface area contributed by atoms with Crippen LogP contribution in [0.4, 0.5) is 4.79 Å². The maximum absolute atomic E-state index is 11.9. The number of imide groups is 1. The molecule has 10 heteroatoms. The number of nitrogens with one attached hydrogen (secondary N) is 2. The number of carbonyl (C=O) groups excluding carboxylic acids is 3. The highest BCUT2D eigenvalue weighted by atomic mass is 32.2. The van der Waals surface area contributed by atoms with E-state index < -0.39 is 46.5 Å². The molecule has 1 atom stereocenters. The number of amides is 3. The first-order valence-electron chi connectivity index (χ1n) is 8.04. The lowest BCUT2D eigenvalue weighted by Gasteiger charge is -2.19. The highest BCUT2D eigenvalue weighted by molar-refractivity contribution is 7.92. The van der Waals surface area contributed by atoms with Gasteiger partial charge in [-0.05, 0) is 24.5 Å². The average Bonchev–Trinajstić information content (AvgIpc) is 2.56. The quantitative estimate of drug-likeness (QED) is 0.549. The SMILES string of the molecule is Cc1ccc(/C=C/S(=O)(=O)NCC(=O)O[C@@H](C(=O)NC(N)=O)C(C)C)cc1. The zero-order chi connectivity index (χ0) is 20.6. The molecule has 0 aliphatic rings. The van der Waals surface area contributed by atoms with Gasteiger partial charge in [-0.25, -0.2) is 17.9 Å². The van der Waals surface area contributed by atoms with E-state index in [0.717, 1.165) is 11.0 Å². The lowest BCUT2D eigenvalue weighted by Crippen LogP contribution is -2.46. The van der Waals surface area contributed by atoms with E-state index in [1.165, 1.54) is 6.08 Å². The number of ether oxygens (including phenoxy) is 1. The van der Waals surface area contributed by atoms with Crippen molar-refractivity contribution in [2.75, 3.05) is 6.54 Å². The summed E-state index contributed by atoms with van der Waals surface area (Å²) in [6.45, 7) is 4.42. The summed E-state index contributed by atoms with van der Waals surface area (Å²) in [5.41, 5.74) is 6.57. The van der Waals surface area contributed by atoms with Crippen LogP contribution < -0.4 is 15.8 Å². The van der Waals surface area contributed by atoms with Crippen LogP contribution in [0.1, 0.15) is 25.0 Å². The van der Waals surface area contributed by atoms with Crippen LogP contribution in [0.25, 0.3) is 6.08 Å². The predicted molar refractivity (Wildman–Crippen MR) is 99.6 cm³/mol. The fourth-order valence-electron chi connectivity index (χ4n) is 1.92. The first kappa shape index (κ1) is 22.3. The van der Waals surface area contributed by atoms with E-state index in [1.54, 1.807) is 26.0 Å². The Hall–Kier alpha value is -2.72. The Kier molecular flexibility index (Phi) is 8.13. The molecule has 4 N–H and O–H groups in total. The Bertz CT molecular complexity index is 816. The number of aryl methyl sites for hydroxylation is 1. The van der Waals surface area contributed by atoms with Crippen LogP contribution in [0.15, 0.2) is 29.7 Å². The fraction of sp³-hybridized carbons (Fsp3) is 0.353. The molecule has 0 aliphatic heterocycles. The van der Waals surface area contributed by atoms with Gasteiger partial charge in [0, 0.05) is 5.41 Å². The number of benzene rings is 1. The largest absolute Gasteiger partial charge is 0.451 e. The van der Waals surface area contributed by atoms with E-state index in [1.807, 2.05) is 24.4 Å². The second-order valence-corrected chi connectivity index (χ2v) is 7.74. The summed E-state index contributed by atoms with van der Waals surface area (Å²) < 4.78 is 30.8. The number of rotatable bonds is 8. The summed E-state index contributed by atoms with van der Waals surface area (Å²) in [5, 5.41) is 2.74. The van der Waals surface area contributed by atoms with Crippen molar-refractivity contribution in [3.05, 3.63) is 40.8 Å². The molecular weight excluding hydrogens is 374 g/mol. The number of urea groups is 1. The minimum atomic E-state index is -3.89. The van der Waals surface area contributed by atoms with Crippen LogP contribution >= 0.6 is 0 Å². The molecule has 0 radical (unpaired) electrons. The number of sulfonamides is 1. The van der Waals surface area contributed by atoms with Crippen LogP contribution in [0.5, 0.6) is 0 Å². The normalized spacial score (nSPS) is 12.7. The number of hydrogen-bond acceptors (Lipinski definition) is 6. The Labute approximate surface area is 158 Å². The van der Waals surface area contributed by atoms with Gasteiger partial charge in [0.2, 0.25) is 10.0 Å². The molecule has 1 rings (SSSR count).